The normalized spacial score (nSPS) is 20.2. The second-order valence-corrected chi connectivity index (χ2v) is 10.9. The Balaban J connectivity index is 1.66. The quantitative estimate of drug-likeness (QED) is 0.735. The van der Waals surface area contributed by atoms with Gasteiger partial charge in [-0.3, -0.25) is 9.52 Å². The molecule has 1 unspecified atom stereocenters. The van der Waals surface area contributed by atoms with E-state index in [9.17, 15) is 13.2 Å². The van der Waals surface area contributed by atoms with Gasteiger partial charge in [-0.15, -0.1) is 11.3 Å². The van der Waals surface area contributed by atoms with Crippen molar-refractivity contribution in [1.29, 1.82) is 0 Å². The molecule has 162 valence electrons. The van der Waals surface area contributed by atoms with Gasteiger partial charge in [0.05, 0.1) is 11.4 Å². The fourth-order valence-corrected chi connectivity index (χ4v) is 6.16. The van der Waals surface area contributed by atoms with E-state index in [0.717, 1.165) is 57.8 Å². The number of thiophene rings is 1. The maximum Gasteiger partial charge on any atom is 0.271 e. The van der Waals surface area contributed by atoms with Crippen LogP contribution in [0.3, 0.4) is 0 Å². The van der Waals surface area contributed by atoms with Crippen LogP contribution in [-0.2, 0) is 10.0 Å². The maximum absolute atomic E-state index is 13.1. The van der Waals surface area contributed by atoms with Crippen molar-refractivity contribution in [3.8, 4) is 0 Å². The third-order valence-corrected chi connectivity index (χ3v) is 8.41. The van der Waals surface area contributed by atoms with Gasteiger partial charge in [0.25, 0.3) is 15.9 Å². The van der Waals surface area contributed by atoms with Gasteiger partial charge in [-0.2, -0.15) is 0 Å². The van der Waals surface area contributed by atoms with Crippen LogP contribution in [0.5, 0.6) is 0 Å². The lowest BCUT2D eigenvalue weighted by Crippen LogP contribution is -2.44. The number of likely N-dealkylation sites (tertiary alicyclic amines) is 1. The number of rotatable bonds is 5. The topological polar surface area (TPSA) is 81.8 Å². The van der Waals surface area contributed by atoms with Crippen LogP contribution >= 0.6 is 11.3 Å². The summed E-state index contributed by atoms with van der Waals surface area (Å²) >= 11 is 1.17. The van der Waals surface area contributed by atoms with E-state index in [1.807, 2.05) is 17.0 Å². The molecule has 30 heavy (non-hydrogen) atoms. The van der Waals surface area contributed by atoms with Crippen molar-refractivity contribution >= 4 is 38.6 Å². The second kappa shape index (κ2) is 8.95. The minimum Gasteiger partial charge on any atom is -0.367 e. The summed E-state index contributed by atoms with van der Waals surface area (Å²) in [7, 11) is -3.71. The number of nitrogens with one attached hydrogen (secondary N) is 2. The number of anilines is 2. The number of hydrogen-bond acceptors (Lipinski definition) is 6. The van der Waals surface area contributed by atoms with E-state index in [1.165, 1.54) is 11.3 Å². The molecule has 3 heterocycles. The van der Waals surface area contributed by atoms with Crippen molar-refractivity contribution in [2.45, 2.75) is 24.0 Å². The van der Waals surface area contributed by atoms with Crippen molar-refractivity contribution in [2.24, 2.45) is 5.92 Å². The standard InChI is InChI=1S/C21H28N4O3S2/c1-16-4-2-10-25(15-16)21(26)17-6-7-19(24-11-8-22-9-12-24)18(14-17)23-30(27,28)20-5-3-13-29-20/h3,5-7,13-14,16,22-23H,2,4,8-12,15H2,1H3. The van der Waals surface area contributed by atoms with Gasteiger partial charge in [0, 0.05) is 44.8 Å². The van der Waals surface area contributed by atoms with Crippen molar-refractivity contribution < 1.29 is 13.2 Å². The highest BCUT2D eigenvalue weighted by Gasteiger charge is 2.25. The Hall–Kier alpha value is -2.10. The predicted molar refractivity (Wildman–Crippen MR) is 121 cm³/mol. The monoisotopic (exact) mass is 448 g/mol. The number of benzene rings is 1. The van der Waals surface area contributed by atoms with Crippen molar-refractivity contribution in [1.82, 2.24) is 10.2 Å². The van der Waals surface area contributed by atoms with Crippen molar-refractivity contribution in [2.75, 3.05) is 48.9 Å². The number of carbonyl (C=O) groups is 1. The van der Waals surface area contributed by atoms with E-state index in [1.54, 1.807) is 23.6 Å². The van der Waals surface area contributed by atoms with Crippen molar-refractivity contribution in [3.05, 3.63) is 41.3 Å². The highest BCUT2D eigenvalue weighted by molar-refractivity contribution is 7.94. The van der Waals surface area contributed by atoms with E-state index < -0.39 is 10.0 Å². The van der Waals surface area contributed by atoms with Gasteiger partial charge in [0.1, 0.15) is 4.21 Å². The lowest BCUT2D eigenvalue weighted by Gasteiger charge is -2.33. The van der Waals surface area contributed by atoms with Gasteiger partial charge in [-0.05, 0) is 48.4 Å². The smallest absolute Gasteiger partial charge is 0.271 e. The molecule has 7 nitrogen and oxygen atoms in total. The molecule has 0 radical (unpaired) electrons. The van der Waals surface area contributed by atoms with Crippen LogP contribution in [-0.4, -0.2) is 58.5 Å². The van der Waals surface area contributed by atoms with Gasteiger partial charge in [0.2, 0.25) is 0 Å². The summed E-state index contributed by atoms with van der Waals surface area (Å²) in [6, 6.07) is 8.69. The Morgan fingerprint density at radius 1 is 1.20 bits per heavy atom. The maximum atomic E-state index is 13.1. The Kier molecular flexibility index (Phi) is 6.31. The number of carbonyl (C=O) groups excluding carboxylic acids is 1. The molecule has 2 saturated heterocycles. The molecule has 2 aliphatic heterocycles. The summed E-state index contributed by atoms with van der Waals surface area (Å²) in [5.74, 6) is 0.449. The molecular weight excluding hydrogens is 420 g/mol. The number of piperazine rings is 1. The molecule has 2 aromatic rings. The second-order valence-electron chi connectivity index (χ2n) is 8.01. The van der Waals surface area contributed by atoms with E-state index in [-0.39, 0.29) is 10.1 Å². The Morgan fingerprint density at radius 2 is 2.00 bits per heavy atom. The first-order valence-electron chi connectivity index (χ1n) is 10.4. The van der Waals surface area contributed by atoms with E-state index >= 15 is 0 Å². The predicted octanol–water partition coefficient (Wildman–Crippen LogP) is 2.83. The summed E-state index contributed by atoms with van der Waals surface area (Å²) in [5, 5.41) is 5.05. The summed E-state index contributed by atoms with van der Waals surface area (Å²) in [6.07, 6.45) is 2.14. The minimum absolute atomic E-state index is 0.0371. The minimum atomic E-state index is -3.71. The molecule has 0 aliphatic carbocycles. The largest absolute Gasteiger partial charge is 0.367 e. The molecule has 9 heteroatoms. The van der Waals surface area contributed by atoms with Crippen LogP contribution in [0, 0.1) is 5.92 Å². The molecule has 0 bridgehead atoms. The lowest BCUT2D eigenvalue weighted by atomic mass is 9.99. The van der Waals surface area contributed by atoms with Gasteiger partial charge >= 0.3 is 0 Å². The first-order valence-corrected chi connectivity index (χ1v) is 12.8. The first kappa shape index (κ1) is 21.1. The van der Waals surface area contributed by atoms with Crippen LogP contribution < -0.4 is 14.9 Å². The molecule has 0 saturated carbocycles. The number of nitrogens with zero attached hydrogens (tertiary/aromatic N) is 2. The molecule has 0 spiro atoms. The average Bonchev–Trinajstić information content (AvgIpc) is 3.30. The number of piperidine rings is 1. The first-order chi connectivity index (χ1) is 14.4. The van der Waals surface area contributed by atoms with E-state index in [0.29, 0.717) is 17.2 Å². The summed E-state index contributed by atoms with van der Waals surface area (Å²) < 4.78 is 28.8. The van der Waals surface area contributed by atoms with E-state index in [2.05, 4.69) is 21.9 Å². The number of sulfonamides is 1. The van der Waals surface area contributed by atoms with Crippen LogP contribution in [0.25, 0.3) is 0 Å². The van der Waals surface area contributed by atoms with Gasteiger partial charge in [0.15, 0.2) is 0 Å². The Morgan fingerprint density at radius 3 is 2.70 bits per heavy atom. The Labute approximate surface area is 182 Å². The zero-order valence-electron chi connectivity index (χ0n) is 17.1. The summed E-state index contributed by atoms with van der Waals surface area (Å²) in [5.41, 5.74) is 1.79. The fourth-order valence-electron chi connectivity index (χ4n) is 4.10. The van der Waals surface area contributed by atoms with Crippen LogP contribution in [0.15, 0.2) is 39.9 Å². The molecule has 2 aliphatic rings. The summed E-state index contributed by atoms with van der Waals surface area (Å²) in [4.78, 5) is 17.1. The molecule has 1 amide bonds. The van der Waals surface area contributed by atoms with Crippen LogP contribution in [0.1, 0.15) is 30.1 Å². The SMILES string of the molecule is CC1CCCN(C(=O)c2ccc(N3CCNCC3)c(NS(=O)(=O)c3cccs3)c2)C1. The molecule has 1 aromatic carbocycles. The van der Waals surface area contributed by atoms with Crippen LogP contribution in [0.2, 0.25) is 0 Å². The molecule has 2 fully saturated rings. The lowest BCUT2D eigenvalue weighted by molar-refractivity contribution is 0.0683. The fraction of sp³-hybridized carbons (Fsp3) is 0.476. The summed E-state index contributed by atoms with van der Waals surface area (Å²) in [6.45, 7) is 6.89. The molecule has 1 atom stereocenters. The zero-order chi connectivity index (χ0) is 21.1. The molecule has 4 rings (SSSR count). The number of amides is 1. The third kappa shape index (κ3) is 4.63. The van der Waals surface area contributed by atoms with Gasteiger partial charge in [-0.1, -0.05) is 13.0 Å². The van der Waals surface area contributed by atoms with Crippen molar-refractivity contribution in [3.63, 3.8) is 0 Å². The van der Waals surface area contributed by atoms with Crippen LogP contribution in [0.4, 0.5) is 11.4 Å². The average molecular weight is 449 g/mol. The Bertz CT molecular complexity index is 986. The molecular formula is C21H28N4O3S2. The van der Waals surface area contributed by atoms with E-state index in [4.69, 9.17) is 0 Å². The number of hydrogen-bond donors (Lipinski definition) is 2. The zero-order valence-corrected chi connectivity index (χ0v) is 18.8. The highest BCUT2D eigenvalue weighted by Crippen LogP contribution is 2.31. The highest BCUT2D eigenvalue weighted by atomic mass is 32.2. The third-order valence-electron chi connectivity index (χ3n) is 5.65. The molecule has 2 N–H and O–H groups in total. The van der Waals surface area contributed by atoms with Gasteiger partial charge in [-0.25, -0.2) is 8.42 Å². The van der Waals surface area contributed by atoms with Gasteiger partial charge < -0.3 is 15.1 Å². The molecule has 1 aromatic heterocycles.